The number of unbranched alkanes of at least 4 members (excludes halogenated alkanes) is 40. The summed E-state index contributed by atoms with van der Waals surface area (Å²) >= 11 is 0. The first-order chi connectivity index (χ1) is 46.7. The third-order valence-corrected chi connectivity index (χ3v) is 18.7. The summed E-state index contributed by atoms with van der Waals surface area (Å²) < 4.78 is 68.4. The molecule has 17 nitrogen and oxygen atoms in total. The van der Waals surface area contributed by atoms with Crippen LogP contribution >= 0.6 is 15.6 Å². The number of allylic oxidation sites excluding steroid dienone is 8. The largest absolute Gasteiger partial charge is 0.472 e. The van der Waals surface area contributed by atoms with Crippen LogP contribution in [-0.2, 0) is 65.4 Å². The number of phosphoric ester groups is 2. The predicted octanol–water partition coefficient (Wildman–Crippen LogP) is 22.1. The molecule has 0 fully saturated rings. The number of phosphoric acid groups is 2. The number of ether oxygens (including phenoxy) is 4. The van der Waals surface area contributed by atoms with Crippen molar-refractivity contribution in [1.82, 2.24) is 0 Å². The van der Waals surface area contributed by atoms with Crippen LogP contribution in [0.5, 0.6) is 0 Å². The number of carbonyl (C=O) groups is 4. The summed E-state index contributed by atoms with van der Waals surface area (Å²) in [5.41, 5.74) is 0. The first kappa shape index (κ1) is 93.0. The van der Waals surface area contributed by atoms with E-state index in [0.717, 1.165) is 148 Å². The molecule has 0 amide bonds. The Morgan fingerprint density at radius 3 is 0.823 bits per heavy atom. The zero-order valence-corrected chi connectivity index (χ0v) is 63.1. The minimum Gasteiger partial charge on any atom is -0.462 e. The summed E-state index contributed by atoms with van der Waals surface area (Å²) in [5, 5.41) is 10.6. The topological polar surface area (TPSA) is 237 Å². The smallest absolute Gasteiger partial charge is 0.462 e. The number of hydrogen-bond donors (Lipinski definition) is 3. The van der Waals surface area contributed by atoms with Gasteiger partial charge in [0.05, 0.1) is 26.4 Å². The number of esters is 4. The van der Waals surface area contributed by atoms with Crippen molar-refractivity contribution in [2.45, 2.75) is 380 Å². The Bertz CT molecular complexity index is 2010. The number of carbonyl (C=O) groups excluding carboxylic acids is 4. The standard InChI is InChI=1S/C77H142O17P2/c1-5-9-13-17-21-25-29-32-33-34-35-36-37-40-43-46-50-54-58-62-75(80)88-68-73(94-77(82)64-60-56-52-48-44-39-31-27-23-19-15-11-7-3)70-92-96(85,86)90-66-71(78)65-89-95(83,84)91-69-72(93-76(81)63-59-55-51-47-41-28-24-20-16-12-8-4)67-87-74(79)61-57-53-49-45-42-38-30-26-22-18-14-10-6-2/h21,25-26,30,32-33,35-36,71-73,78H,5-20,22-24,27-29,31,34,37-70H2,1-4H3,(H,83,84)(H,85,86)/b25-21-,30-26-,33-32-,36-35-. The van der Waals surface area contributed by atoms with Gasteiger partial charge in [-0.2, -0.15) is 0 Å². The van der Waals surface area contributed by atoms with E-state index < -0.39 is 97.5 Å². The van der Waals surface area contributed by atoms with Gasteiger partial charge >= 0.3 is 39.5 Å². The Morgan fingerprint density at radius 1 is 0.292 bits per heavy atom. The quantitative estimate of drug-likeness (QED) is 0.0169. The molecule has 0 heterocycles. The Hall–Kier alpha value is -2.98. The van der Waals surface area contributed by atoms with E-state index in [9.17, 15) is 43.2 Å². The highest BCUT2D eigenvalue weighted by Gasteiger charge is 2.30. The monoisotopic (exact) mass is 1400 g/mol. The molecule has 0 aliphatic heterocycles. The van der Waals surface area contributed by atoms with E-state index in [4.69, 9.17) is 37.0 Å². The summed E-state index contributed by atoms with van der Waals surface area (Å²) in [4.78, 5) is 72.8. The van der Waals surface area contributed by atoms with Crippen molar-refractivity contribution in [3.63, 3.8) is 0 Å². The van der Waals surface area contributed by atoms with Gasteiger partial charge in [0, 0.05) is 25.7 Å². The lowest BCUT2D eigenvalue weighted by Crippen LogP contribution is -2.30. The third-order valence-electron chi connectivity index (χ3n) is 16.8. The van der Waals surface area contributed by atoms with E-state index >= 15 is 0 Å². The minimum atomic E-state index is -4.97. The highest BCUT2D eigenvalue weighted by molar-refractivity contribution is 7.47. The Balaban J connectivity index is 5.28. The fraction of sp³-hybridized carbons (Fsp3) is 0.844. The SMILES string of the molecule is CCCCC/C=C\C/C=C\C/C=C\CCCCCCCCC(=O)OCC(COP(=O)(O)OCC(O)COP(=O)(O)OCC(COC(=O)CCCCCCC/C=C\CCCCCC)OC(=O)CCCCCCCCCCCCC)OC(=O)CCCCCCCCCCCCCCC. The summed E-state index contributed by atoms with van der Waals surface area (Å²) in [6, 6.07) is 0. The van der Waals surface area contributed by atoms with E-state index in [2.05, 4.69) is 76.3 Å². The van der Waals surface area contributed by atoms with Crippen LogP contribution in [0.4, 0.5) is 0 Å². The Morgan fingerprint density at radius 2 is 0.510 bits per heavy atom. The van der Waals surface area contributed by atoms with Crippen LogP contribution in [0.3, 0.4) is 0 Å². The maximum absolute atomic E-state index is 13.1. The molecule has 0 aromatic rings. The predicted molar refractivity (Wildman–Crippen MR) is 390 cm³/mol. The molecule has 5 unspecified atom stereocenters. The van der Waals surface area contributed by atoms with Gasteiger partial charge in [-0.3, -0.25) is 37.3 Å². The van der Waals surface area contributed by atoms with Crippen molar-refractivity contribution in [3.8, 4) is 0 Å². The molecule has 0 bridgehead atoms. The van der Waals surface area contributed by atoms with Crippen LogP contribution in [0.25, 0.3) is 0 Å². The fourth-order valence-electron chi connectivity index (χ4n) is 10.8. The Labute approximate surface area is 585 Å². The lowest BCUT2D eigenvalue weighted by atomic mass is 10.0. The van der Waals surface area contributed by atoms with Crippen LogP contribution in [0.1, 0.15) is 362 Å². The van der Waals surface area contributed by atoms with E-state index in [-0.39, 0.29) is 25.7 Å². The van der Waals surface area contributed by atoms with Crippen molar-refractivity contribution >= 4 is 39.5 Å². The van der Waals surface area contributed by atoms with Gasteiger partial charge in [0.1, 0.15) is 19.3 Å². The summed E-state index contributed by atoms with van der Waals surface area (Å²) in [6.45, 7) is 4.86. The normalized spacial score (nSPS) is 14.2. The van der Waals surface area contributed by atoms with Crippen molar-refractivity contribution < 1.29 is 80.2 Å². The molecule has 0 spiro atoms. The molecule has 0 aliphatic rings. The van der Waals surface area contributed by atoms with Gasteiger partial charge in [-0.15, -0.1) is 0 Å². The van der Waals surface area contributed by atoms with Crippen LogP contribution < -0.4 is 0 Å². The van der Waals surface area contributed by atoms with Gasteiger partial charge < -0.3 is 33.8 Å². The molecular weight excluding hydrogens is 1260 g/mol. The summed E-state index contributed by atoms with van der Waals surface area (Å²) in [7, 11) is -9.93. The molecule has 0 rings (SSSR count). The molecule has 0 radical (unpaired) electrons. The maximum atomic E-state index is 13.1. The number of rotatable bonds is 74. The molecule has 0 saturated heterocycles. The second kappa shape index (κ2) is 70.5. The fourth-order valence-corrected chi connectivity index (χ4v) is 12.4. The molecule has 0 aromatic carbocycles. The molecule has 96 heavy (non-hydrogen) atoms. The second-order valence-electron chi connectivity index (χ2n) is 26.3. The van der Waals surface area contributed by atoms with Crippen molar-refractivity contribution in [1.29, 1.82) is 0 Å². The van der Waals surface area contributed by atoms with Crippen LogP contribution in [0.2, 0.25) is 0 Å². The van der Waals surface area contributed by atoms with Crippen molar-refractivity contribution in [3.05, 3.63) is 48.6 Å². The lowest BCUT2D eigenvalue weighted by Gasteiger charge is -2.21. The molecule has 0 aliphatic carbocycles. The van der Waals surface area contributed by atoms with Crippen molar-refractivity contribution in [2.75, 3.05) is 39.6 Å². The average molecular weight is 1400 g/mol. The van der Waals surface area contributed by atoms with Crippen LogP contribution in [0, 0.1) is 0 Å². The maximum Gasteiger partial charge on any atom is 0.472 e. The van der Waals surface area contributed by atoms with Gasteiger partial charge in [0.2, 0.25) is 0 Å². The molecule has 0 saturated carbocycles. The highest BCUT2D eigenvalue weighted by atomic mass is 31.2. The zero-order valence-electron chi connectivity index (χ0n) is 61.3. The van der Waals surface area contributed by atoms with E-state index in [1.807, 2.05) is 0 Å². The molecule has 5 atom stereocenters. The average Bonchev–Trinajstić information content (AvgIpc) is 1.17. The van der Waals surface area contributed by atoms with Gasteiger partial charge in [0.15, 0.2) is 12.2 Å². The van der Waals surface area contributed by atoms with Gasteiger partial charge in [-0.1, -0.05) is 295 Å². The highest BCUT2D eigenvalue weighted by Crippen LogP contribution is 2.45. The van der Waals surface area contributed by atoms with Crippen LogP contribution in [0.15, 0.2) is 48.6 Å². The molecular formula is C77H142O17P2. The molecule has 0 aromatic heterocycles. The summed E-state index contributed by atoms with van der Waals surface area (Å²) in [5.74, 6) is -2.16. The minimum absolute atomic E-state index is 0.0993. The van der Waals surface area contributed by atoms with E-state index in [1.165, 1.54) is 135 Å². The zero-order chi connectivity index (χ0) is 70.4. The second-order valence-corrected chi connectivity index (χ2v) is 29.2. The van der Waals surface area contributed by atoms with Crippen LogP contribution in [-0.4, -0.2) is 96.7 Å². The number of aliphatic hydroxyl groups is 1. The number of aliphatic hydroxyl groups excluding tert-OH is 1. The lowest BCUT2D eigenvalue weighted by molar-refractivity contribution is -0.161. The molecule has 562 valence electrons. The third kappa shape index (κ3) is 69.5. The van der Waals surface area contributed by atoms with Gasteiger partial charge in [-0.05, 0) is 89.9 Å². The van der Waals surface area contributed by atoms with Gasteiger partial charge in [-0.25, -0.2) is 9.13 Å². The van der Waals surface area contributed by atoms with E-state index in [1.54, 1.807) is 0 Å². The molecule has 3 N–H and O–H groups in total. The Kier molecular flexibility index (Phi) is 68.3. The van der Waals surface area contributed by atoms with E-state index in [0.29, 0.717) is 25.7 Å². The first-order valence-corrected chi connectivity index (χ1v) is 41.9. The number of hydrogen-bond acceptors (Lipinski definition) is 15. The van der Waals surface area contributed by atoms with Crippen molar-refractivity contribution in [2.24, 2.45) is 0 Å². The molecule has 19 heteroatoms. The summed E-state index contributed by atoms with van der Waals surface area (Å²) in [6.07, 6.45) is 66.7. The van der Waals surface area contributed by atoms with Gasteiger partial charge in [0.25, 0.3) is 0 Å². The first-order valence-electron chi connectivity index (χ1n) is 38.9.